The van der Waals surface area contributed by atoms with Crippen LogP contribution in [0.4, 0.5) is 10.5 Å². The van der Waals surface area contributed by atoms with Crippen LogP contribution >= 0.6 is 34.8 Å². The van der Waals surface area contributed by atoms with Crippen molar-refractivity contribution in [2.24, 2.45) is 5.73 Å². The number of rotatable bonds is 8. The molecule has 1 aliphatic rings. The number of halogens is 3. The van der Waals surface area contributed by atoms with Crippen molar-refractivity contribution >= 4 is 52.4 Å². The fourth-order valence-electron chi connectivity index (χ4n) is 4.34. The van der Waals surface area contributed by atoms with Crippen LogP contribution in [-0.4, -0.2) is 61.2 Å². The van der Waals surface area contributed by atoms with Crippen LogP contribution in [0.25, 0.3) is 11.3 Å². The van der Waals surface area contributed by atoms with E-state index in [1.807, 2.05) is 13.0 Å². The summed E-state index contributed by atoms with van der Waals surface area (Å²) in [5, 5.41) is 6.85. The Labute approximate surface area is 236 Å². The van der Waals surface area contributed by atoms with E-state index in [0.717, 1.165) is 24.2 Å². The van der Waals surface area contributed by atoms with E-state index in [9.17, 15) is 9.59 Å². The number of urea groups is 1. The molecule has 0 radical (unpaired) electrons. The third-order valence-electron chi connectivity index (χ3n) is 6.33. The lowest BCUT2D eigenvalue weighted by atomic mass is 9.93. The average Bonchev–Trinajstić information content (AvgIpc) is 2.88. The van der Waals surface area contributed by atoms with Gasteiger partial charge in [-0.15, -0.1) is 0 Å². The Hall–Kier alpha value is -2.88. The monoisotopic (exact) mass is 575 g/mol. The molecule has 11 heteroatoms. The molecular formula is C27H28Cl3N5O3. The van der Waals surface area contributed by atoms with Crippen molar-refractivity contribution in [1.82, 2.24) is 15.2 Å². The summed E-state index contributed by atoms with van der Waals surface area (Å²) in [5.41, 5.74) is 8.92. The number of morpholine rings is 1. The zero-order valence-electron chi connectivity index (χ0n) is 20.8. The molecule has 0 bridgehead atoms. The number of pyridine rings is 1. The molecule has 0 aliphatic carbocycles. The summed E-state index contributed by atoms with van der Waals surface area (Å²) in [6.07, 6.45) is 0. The SMILES string of the molecule is Cc1c(Cl)cccc1-c1cc(NC(=O)NCCN2CCOCC2)cc(C(C(N)=O)c2c(Cl)cccc2Cl)n1. The second-order valence-electron chi connectivity index (χ2n) is 8.88. The molecule has 1 aliphatic heterocycles. The quantitative estimate of drug-likeness (QED) is 0.346. The maximum atomic E-state index is 12.8. The minimum absolute atomic E-state index is 0.280. The molecule has 1 saturated heterocycles. The lowest BCUT2D eigenvalue weighted by Crippen LogP contribution is -2.42. The van der Waals surface area contributed by atoms with Gasteiger partial charge in [-0.05, 0) is 42.8 Å². The van der Waals surface area contributed by atoms with E-state index in [1.54, 1.807) is 42.5 Å². The molecule has 3 amide bonds. The van der Waals surface area contributed by atoms with Crippen molar-refractivity contribution in [1.29, 1.82) is 0 Å². The number of amides is 3. The molecule has 2 heterocycles. The number of ether oxygens (including phenoxy) is 1. The lowest BCUT2D eigenvalue weighted by molar-refractivity contribution is -0.118. The Morgan fingerprint density at radius 3 is 2.39 bits per heavy atom. The number of benzene rings is 2. The fourth-order valence-corrected chi connectivity index (χ4v) is 5.14. The first-order chi connectivity index (χ1) is 18.2. The molecule has 1 aromatic heterocycles. The number of hydrogen-bond acceptors (Lipinski definition) is 5. The van der Waals surface area contributed by atoms with Crippen LogP contribution in [-0.2, 0) is 9.53 Å². The molecule has 0 saturated carbocycles. The zero-order chi connectivity index (χ0) is 27.2. The average molecular weight is 577 g/mol. The summed E-state index contributed by atoms with van der Waals surface area (Å²) >= 11 is 19.2. The first-order valence-corrected chi connectivity index (χ1v) is 13.2. The van der Waals surface area contributed by atoms with Gasteiger partial charge < -0.3 is 21.1 Å². The number of primary amides is 1. The lowest BCUT2D eigenvalue weighted by Gasteiger charge is -2.26. The van der Waals surface area contributed by atoms with Gasteiger partial charge in [0.1, 0.15) is 5.92 Å². The van der Waals surface area contributed by atoms with E-state index in [-0.39, 0.29) is 15.7 Å². The highest BCUT2D eigenvalue weighted by Crippen LogP contribution is 2.37. The Morgan fingerprint density at radius 2 is 1.71 bits per heavy atom. The van der Waals surface area contributed by atoms with Gasteiger partial charge in [0.2, 0.25) is 5.91 Å². The summed E-state index contributed by atoms with van der Waals surface area (Å²) in [6.45, 7) is 6.08. The van der Waals surface area contributed by atoms with Gasteiger partial charge in [0.15, 0.2) is 0 Å². The van der Waals surface area contributed by atoms with Crippen LogP contribution in [0, 0.1) is 6.92 Å². The van der Waals surface area contributed by atoms with Gasteiger partial charge in [0.05, 0.1) is 24.6 Å². The summed E-state index contributed by atoms with van der Waals surface area (Å²) in [6, 6.07) is 13.3. The van der Waals surface area contributed by atoms with E-state index < -0.39 is 17.9 Å². The molecule has 1 fully saturated rings. The molecule has 3 aromatic rings. The van der Waals surface area contributed by atoms with Gasteiger partial charge >= 0.3 is 6.03 Å². The third kappa shape index (κ3) is 6.76. The predicted octanol–water partition coefficient (Wildman–Crippen LogP) is 5.09. The van der Waals surface area contributed by atoms with Gasteiger partial charge in [-0.2, -0.15) is 0 Å². The minimum atomic E-state index is -1.06. The van der Waals surface area contributed by atoms with Crippen LogP contribution in [0.15, 0.2) is 48.5 Å². The number of nitrogens with two attached hydrogens (primary N) is 1. The highest BCUT2D eigenvalue weighted by molar-refractivity contribution is 6.36. The summed E-state index contributed by atoms with van der Waals surface area (Å²) in [7, 11) is 0. The molecule has 0 spiro atoms. The van der Waals surface area contributed by atoms with Gasteiger partial charge in [-0.3, -0.25) is 14.7 Å². The van der Waals surface area contributed by atoms with Crippen molar-refractivity contribution in [2.45, 2.75) is 12.8 Å². The Kier molecular flexibility index (Phi) is 9.46. The number of hydrogen-bond donors (Lipinski definition) is 3. The Bertz CT molecular complexity index is 1310. The second-order valence-corrected chi connectivity index (χ2v) is 10.1. The summed E-state index contributed by atoms with van der Waals surface area (Å²) in [4.78, 5) is 32.5. The molecule has 38 heavy (non-hydrogen) atoms. The van der Waals surface area contributed by atoms with Gasteiger partial charge in [-0.25, -0.2) is 4.79 Å². The van der Waals surface area contributed by atoms with Crippen LogP contribution < -0.4 is 16.4 Å². The summed E-state index contributed by atoms with van der Waals surface area (Å²) in [5.74, 6) is -1.74. The van der Waals surface area contributed by atoms with E-state index in [4.69, 9.17) is 50.3 Å². The molecule has 4 N–H and O–H groups in total. The van der Waals surface area contributed by atoms with Crippen molar-refractivity contribution in [3.63, 3.8) is 0 Å². The molecular weight excluding hydrogens is 549 g/mol. The molecule has 200 valence electrons. The molecule has 8 nitrogen and oxygen atoms in total. The van der Waals surface area contributed by atoms with E-state index in [2.05, 4.69) is 15.5 Å². The van der Waals surface area contributed by atoms with Crippen molar-refractivity contribution in [3.05, 3.63) is 80.4 Å². The van der Waals surface area contributed by atoms with Gasteiger partial charge in [0, 0.05) is 58.1 Å². The number of carbonyl (C=O) groups excluding carboxylic acids is 2. The largest absolute Gasteiger partial charge is 0.379 e. The maximum Gasteiger partial charge on any atom is 0.319 e. The predicted molar refractivity (Wildman–Crippen MR) is 151 cm³/mol. The maximum absolute atomic E-state index is 12.8. The zero-order valence-corrected chi connectivity index (χ0v) is 23.0. The third-order valence-corrected chi connectivity index (χ3v) is 7.40. The van der Waals surface area contributed by atoms with E-state index in [0.29, 0.717) is 48.3 Å². The highest BCUT2D eigenvalue weighted by Gasteiger charge is 2.28. The second kappa shape index (κ2) is 12.8. The van der Waals surface area contributed by atoms with Gasteiger partial charge in [-0.1, -0.05) is 53.0 Å². The first-order valence-electron chi connectivity index (χ1n) is 12.1. The Morgan fingerprint density at radius 1 is 1.05 bits per heavy atom. The van der Waals surface area contributed by atoms with Crippen LogP contribution in [0.2, 0.25) is 15.1 Å². The Balaban J connectivity index is 1.68. The van der Waals surface area contributed by atoms with E-state index >= 15 is 0 Å². The van der Waals surface area contributed by atoms with E-state index in [1.165, 1.54) is 0 Å². The smallest absolute Gasteiger partial charge is 0.319 e. The number of aromatic nitrogens is 1. The standard InChI is InChI=1S/C27H28Cl3N5O3/c1-16-18(4-2-5-19(16)28)22-14-17(33-27(37)32-8-9-35-10-12-38-13-11-35)15-23(34-22)25(26(31)36)24-20(29)6-3-7-21(24)30/h2-7,14-15,25H,8-13H2,1H3,(H2,31,36)(H2,32,33,34,37). The van der Waals surface area contributed by atoms with Crippen molar-refractivity contribution < 1.29 is 14.3 Å². The molecule has 4 rings (SSSR count). The topological polar surface area (TPSA) is 110 Å². The molecule has 1 atom stereocenters. The first kappa shape index (κ1) is 28.1. The van der Waals surface area contributed by atoms with Crippen LogP contribution in [0.5, 0.6) is 0 Å². The highest BCUT2D eigenvalue weighted by atomic mass is 35.5. The summed E-state index contributed by atoms with van der Waals surface area (Å²) < 4.78 is 5.36. The molecule has 2 aromatic carbocycles. The normalized spacial score (nSPS) is 14.6. The molecule has 1 unspecified atom stereocenters. The fraction of sp³-hybridized carbons (Fsp3) is 0.296. The number of anilines is 1. The van der Waals surface area contributed by atoms with Gasteiger partial charge in [0.25, 0.3) is 0 Å². The van der Waals surface area contributed by atoms with Crippen molar-refractivity contribution in [2.75, 3.05) is 44.7 Å². The number of nitrogens with zero attached hydrogens (tertiary/aromatic N) is 2. The van der Waals surface area contributed by atoms with Crippen LogP contribution in [0.3, 0.4) is 0 Å². The van der Waals surface area contributed by atoms with Crippen molar-refractivity contribution in [3.8, 4) is 11.3 Å². The number of carbonyl (C=O) groups is 2. The number of nitrogens with one attached hydrogen (secondary N) is 2. The minimum Gasteiger partial charge on any atom is -0.379 e. The van der Waals surface area contributed by atoms with Crippen LogP contribution in [0.1, 0.15) is 22.7 Å².